The van der Waals surface area contributed by atoms with E-state index in [0.29, 0.717) is 13.1 Å². The highest BCUT2D eigenvalue weighted by Crippen LogP contribution is 2.28. The summed E-state index contributed by atoms with van der Waals surface area (Å²) in [5.41, 5.74) is 0.163. The molecule has 0 aliphatic carbocycles. The van der Waals surface area contributed by atoms with E-state index in [1.165, 1.54) is 0 Å². The summed E-state index contributed by atoms with van der Waals surface area (Å²) in [6.07, 6.45) is 6.54. The Balaban J connectivity index is 0.00000256. The van der Waals surface area contributed by atoms with Gasteiger partial charge in [0.15, 0.2) is 0 Å². The van der Waals surface area contributed by atoms with Crippen LogP contribution in [0.1, 0.15) is 25.7 Å². The predicted molar refractivity (Wildman–Crippen MR) is 118 cm³/mol. The first-order chi connectivity index (χ1) is 14.2. The van der Waals surface area contributed by atoms with Crippen molar-refractivity contribution in [2.24, 2.45) is 0 Å². The van der Waals surface area contributed by atoms with Crippen LogP contribution in [-0.2, 0) is 10.3 Å². The van der Waals surface area contributed by atoms with Gasteiger partial charge in [-0.3, -0.25) is 9.48 Å². The lowest BCUT2D eigenvalue weighted by Gasteiger charge is -2.39. The quantitative estimate of drug-likeness (QED) is 0.690. The summed E-state index contributed by atoms with van der Waals surface area (Å²) in [5, 5.41) is 13.9. The largest absolute Gasteiger partial charge is 0.351 e. The monoisotopic (exact) mass is 432 g/mol. The lowest BCUT2D eigenvalue weighted by atomic mass is 9.86. The van der Waals surface area contributed by atoms with E-state index in [9.17, 15) is 9.59 Å². The number of halogens is 1. The fourth-order valence-corrected chi connectivity index (χ4v) is 4.19. The third kappa shape index (κ3) is 4.76. The van der Waals surface area contributed by atoms with Crippen molar-refractivity contribution in [3.05, 3.63) is 48.8 Å². The molecule has 0 atom stereocenters. The maximum absolute atomic E-state index is 13.3. The molecule has 2 saturated heterocycles. The normalized spacial score (nSPS) is 18.9. The van der Waals surface area contributed by atoms with Gasteiger partial charge in [0, 0.05) is 37.2 Å². The second kappa shape index (κ2) is 9.95. The van der Waals surface area contributed by atoms with Crippen molar-refractivity contribution in [2.45, 2.75) is 37.3 Å². The van der Waals surface area contributed by atoms with E-state index in [0.717, 1.165) is 44.5 Å². The number of benzene rings is 1. The fourth-order valence-electron chi connectivity index (χ4n) is 4.19. The number of para-hydroxylation sites is 1. The van der Waals surface area contributed by atoms with Crippen LogP contribution in [0.4, 0.5) is 10.5 Å². The molecule has 9 heteroatoms. The Labute approximate surface area is 182 Å². The molecule has 3 amide bonds. The summed E-state index contributed by atoms with van der Waals surface area (Å²) in [4.78, 5) is 27.5. The molecule has 0 spiro atoms. The summed E-state index contributed by atoms with van der Waals surface area (Å²) in [6, 6.07) is 11.3. The number of carbonyl (C=O) groups excluding carboxylic acids is 2. The highest BCUT2D eigenvalue weighted by atomic mass is 35.5. The van der Waals surface area contributed by atoms with E-state index >= 15 is 0 Å². The van der Waals surface area contributed by atoms with Gasteiger partial charge in [0.05, 0.1) is 0 Å². The molecule has 8 nitrogen and oxygen atoms in total. The number of urea groups is 1. The smallest absolute Gasteiger partial charge is 0.321 e. The Morgan fingerprint density at radius 1 is 1.07 bits per heavy atom. The number of amides is 3. The molecule has 2 fully saturated rings. The second-order valence-corrected chi connectivity index (χ2v) is 7.76. The number of hydrogen-bond acceptors (Lipinski definition) is 4. The zero-order chi connectivity index (χ0) is 20.1. The van der Waals surface area contributed by atoms with Gasteiger partial charge in [-0.05, 0) is 57.0 Å². The van der Waals surface area contributed by atoms with Crippen LogP contribution in [0.3, 0.4) is 0 Å². The Kier molecular flexibility index (Phi) is 7.33. The summed E-state index contributed by atoms with van der Waals surface area (Å²) in [7, 11) is 0. The van der Waals surface area contributed by atoms with E-state index < -0.39 is 5.54 Å². The van der Waals surface area contributed by atoms with Crippen LogP contribution in [0.15, 0.2) is 48.8 Å². The lowest BCUT2D eigenvalue weighted by Crippen LogP contribution is -2.57. The van der Waals surface area contributed by atoms with Crippen LogP contribution in [0.25, 0.3) is 0 Å². The molecular formula is C21H29ClN6O2. The van der Waals surface area contributed by atoms with Crippen LogP contribution in [0, 0.1) is 0 Å². The number of aromatic nitrogens is 2. The molecule has 0 radical (unpaired) electrons. The zero-order valence-corrected chi connectivity index (χ0v) is 17.7. The molecule has 162 valence electrons. The Morgan fingerprint density at radius 3 is 2.40 bits per heavy atom. The number of nitrogens with zero attached hydrogens (tertiary/aromatic N) is 3. The number of carbonyl (C=O) groups is 2. The summed E-state index contributed by atoms with van der Waals surface area (Å²) in [5.74, 6) is 0.0369. The summed E-state index contributed by atoms with van der Waals surface area (Å²) in [6.45, 7) is 2.84. The molecule has 2 aliphatic heterocycles. The summed E-state index contributed by atoms with van der Waals surface area (Å²) >= 11 is 0. The molecule has 3 heterocycles. The number of likely N-dealkylation sites (tertiary alicyclic amines) is 1. The average Bonchev–Trinajstić information content (AvgIpc) is 3.31. The standard InChI is InChI=1S/C21H28N6O2.ClH/c28-19(21(9-12-22-13-10-21)27-14-4-11-23-27)24-18-7-15-26(16-8-18)20(29)25-17-5-2-1-3-6-17;/h1-6,11,14,18,22H,7-10,12-13,15-16H2,(H,24,28)(H,25,29);1H. The summed E-state index contributed by atoms with van der Waals surface area (Å²) < 4.78 is 1.81. The average molecular weight is 433 g/mol. The van der Waals surface area contributed by atoms with Gasteiger partial charge in [-0.15, -0.1) is 12.4 Å². The molecule has 4 rings (SSSR count). The number of anilines is 1. The van der Waals surface area contributed by atoms with Crippen molar-refractivity contribution >= 4 is 30.0 Å². The zero-order valence-electron chi connectivity index (χ0n) is 16.9. The van der Waals surface area contributed by atoms with E-state index in [1.807, 2.05) is 52.2 Å². The van der Waals surface area contributed by atoms with Crippen LogP contribution < -0.4 is 16.0 Å². The minimum atomic E-state index is -0.628. The van der Waals surface area contributed by atoms with Crippen molar-refractivity contribution in [3.8, 4) is 0 Å². The maximum Gasteiger partial charge on any atom is 0.321 e. The Bertz CT molecular complexity index is 815. The number of piperidine rings is 2. The minimum absolute atomic E-state index is 0. The first-order valence-corrected chi connectivity index (χ1v) is 10.3. The molecule has 0 bridgehead atoms. The van der Waals surface area contributed by atoms with Crippen LogP contribution >= 0.6 is 12.4 Å². The van der Waals surface area contributed by atoms with Crippen molar-refractivity contribution in [2.75, 3.05) is 31.5 Å². The topological polar surface area (TPSA) is 91.3 Å². The van der Waals surface area contributed by atoms with Crippen molar-refractivity contribution in [3.63, 3.8) is 0 Å². The van der Waals surface area contributed by atoms with Gasteiger partial charge in [0.1, 0.15) is 5.54 Å². The van der Waals surface area contributed by atoms with Gasteiger partial charge in [0.2, 0.25) is 5.91 Å². The van der Waals surface area contributed by atoms with Crippen LogP contribution in [0.2, 0.25) is 0 Å². The first-order valence-electron chi connectivity index (χ1n) is 10.3. The highest BCUT2D eigenvalue weighted by molar-refractivity contribution is 5.89. The molecule has 3 N–H and O–H groups in total. The Hall–Kier alpha value is -2.58. The van der Waals surface area contributed by atoms with E-state index in [-0.39, 0.29) is 30.4 Å². The molecule has 0 saturated carbocycles. The maximum atomic E-state index is 13.3. The van der Waals surface area contributed by atoms with Crippen LogP contribution in [-0.4, -0.2) is 58.8 Å². The molecule has 1 aromatic carbocycles. The molecular weight excluding hydrogens is 404 g/mol. The highest BCUT2D eigenvalue weighted by Gasteiger charge is 2.42. The third-order valence-corrected chi connectivity index (χ3v) is 5.94. The van der Waals surface area contributed by atoms with Gasteiger partial charge in [0.25, 0.3) is 0 Å². The van der Waals surface area contributed by atoms with Gasteiger partial charge < -0.3 is 20.9 Å². The third-order valence-electron chi connectivity index (χ3n) is 5.94. The molecule has 1 aromatic heterocycles. The lowest BCUT2D eigenvalue weighted by molar-refractivity contribution is -0.133. The van der Waals surface area contributed by atoms with E-state index in [1.54, 1.807) is 6.20 Å². The number of nitrogens with one attached hydrogen (secondary N) is 3. The second-order valence-electron chi connectivity index (χ2n) is 7.76. The van der Waals surface area contributed by atoms with Gasteiger partial charge >= 0.3 is 6.03 Å². The number of hydrogen-bond donors (Lipinski definition) is 3. The van der Waals surface area contributed by atoms with Crippen molar-refractivity contribution in [1.82, 2.24) is 25.3 Å². The molecule has 2 aromatic rings. The van der Waals surface area contributed by atoms with Crippen LogP contribution in [0.5, 0.6) is 0 Å². The molecule has 2 aliphatic rings. The predicted octanol–water partition coefficient (Wildman–Crippen LogP) is 2.20. The first kappa shape index (κ1) is 22.1. The molecule has 0 unspecified atom stereocenters. The number of rotatable bonds is 4. The van der Waals surface area contributed by atoms with Crippen molar-refractivity contribution in [1.29, 1.82) is 0 Å². The van der Waals surface area contributed by atoms with Crippen molar-refractivity contribution < 1.29 is 9.59 Å². The minimum Gasteiger partial charge on any atom is -0.351 e. The SMILES string of the molecule is Cl.O=C(Nc1ccccc1)N1CCC(NC(=O)C2(n3cccn3)CCNCC2)CC1. The van der Waals surface area contributed by atoms with E-state index in [4.69, 9.17) is 0 Å². The van der Waals surface area contributed by atoms with Gasteiger partial charge in [-0.2, -0.15) is 5.10 Å². The molecule has 30 heavy (non-hydrogen) atoms. The van der Waals surface area contributed by atoms with E-state index in [2.05, 4.69) is 21.0 Å². The van der Waals surface area contributed by atoms with Gasteiger partial charge in [-0.1, -0.05) is 18.2 Å². The van der Waals surface area contributed by atoms with Gasteiger partial charge in [-0.25, -0.2) is 4.79 Å². The fraction of sp³-hybridized carbons (Fsp3) is 0.476. The Morgan fingerprint density at radius 2 is 1.77 bits per heavy atom.